The topological polar surface area (TPSA) is 6.48 Å². The van der Waals surface area contributed by atoms with Gasteiger partial charge in [0.25, 0.3) is 0 Å². The standard InChI is InChI=1S/C50H42N2/c1-5-27-51(28-6-1)37-22-26-44-45(31-37)49(40-16-10-12-33-11-3-4-15-39(33)40)43-25-21-38(52-29-7-2-8-30-52)32-46(43)50(44)42-24-20-36-18-17-34-13-9-14-35-19-23-41(42)48(36)47(34)35/h3-4,9-26,31-32H,1-2,5-8,27-30H2. The van der Waals surface area contributed by atoms with Gasteiger partial charge in [-0.05, 0) is 150 Å². The third-order valence-electron chi connectivity index (χ3n) is 12.4. The first-order valence-corrected chi connectivity index (χ1v) is 19.5. The molecule has 0 unspecified atom stereocenters. The van der Waals surface area contributed by atoms with Gasteiger partial charge in [-0.15, -0.1) is 0 Å². The van der Waals surface area contributed by atoms with Gasteiger partial charge in [0, 0.05) is 37.6 Å². The largest absolute Gasteiger partial charge is 0.372 e. The lowest BCUT2D eigenvalue weighted by atomic mass is 9.82. The van der Waals surface area contributed by atoms with Crippen LogP contribution in [0, 0.1) is 0 Å². The van der Waals surface area contributed by atoms with E-state index in [9.17, 15) is 0 Å². The fourth-order valence-electron chi connectivity index (χ4n) is 9.88. The van der Waals surface area contributed by atoms with Gasteiger partial charge in [-0.2, -0.15) is 0 Å². The Kier molecular flexibility index (Phi) is 6.93. The summed E-state index contributed by atoms with van der Waals surface area (Å²) in [7, 11) is 0. The predicted molar refractivity (Wildman–Crippen MR) is 226 cm³/mol. The number of benzene rings is 9. The lowest BCUT2D eigenvalue weighted by Crippen LogP contribution is -2.29. The average Bonchev–Trinajstić information content (AvgIpc) is 3.22. The number of hydrogen-bond donors (Lipinski definition) is 0. The maximum atomic E-state index is 2.62. The molecular formula is C50H42N2. The molecular weight excluding hydrogens is 629 g/mol. The Morgan fingerprint density at radius 2 is 0.788 bits per heavy atom. The molecule has 0 spiro atoms. The number of hydrogen-bond acceptors (Lipinski definition) is 2. The van der Waals surface area contributed by atoms with Crippen molar-refractivity contribution in [2.45, 2.75) is 38.5 Å². The highest BCUT2D eigenvalue weighted by atomic mass is 15.1. The summed E-state index contributed by atoms with van der Waals surface area (Å²) in [4.78, 5) is 5.24. The summed E-state index contributed by atoms with van der Waals surface area (Å²) >= 11 is 0. The summed E-state index contributed by atoms with van der Waals surface area (Å²) in [5.41, 5.74) is 8.05. The number of anilines is 2. The van der Waals surface area contributed by atoms with E-state index in [1.807, 2.05) is 0 Å². The second-order valence-electron chi connectivity index (χ2n) is 15.3. The summed E-state index contributed by atoms with van der Waals surface area (Å²) in [5, 5.41) is 16.0. The maximum Gasteiger partial charge on any atom is 0.0372 e. The van der Waals surface area contributed by atoms with Crippen molar-refractivity contribution in [2.75, 3.05) is 36.0 Å². The van der Waals surface area contributed by atoms with Crippen LogP contribution in [0.25, 0.3) is 86.9 Å². The van der Waals surface area contributed by atoms with E-state index >= 15 is 0 Å². The van der Waals surface area contributed by atoms with Crippen molar-refractivity contribution in [3.63, 3.8) is 0 Å². The molecule has 0 atom stereocenters. The lowest BCUT2D eigenvalue weighted by Gasteiger charge is -2.31. The monoisotopic (exact) mass is 670 g/mol. The van der Waals surface area contributed by atoms with Crippen LogP contribution in [0.5, 0.6) is 0 Å². The Bertz CT molecular complexity index is 2800. The minimum Gasteiger partial charge on any atom is -0.372 e. The van der Waals surface area contributed by atoms with E-state index in [2.05, 4.69) is 143 Å². The summed E-state index contributed by atoms with van der Waals surface area (Å²) in [6, 6.07) is 51.5. The van der Waals surface area contributed by atoms with E-state index in [1.165, 1.54) is 137 Å². The smallest absolute Gasteiger partial charge is 0.0372 e. The molecule has 2 aliphatic heterocycles. The molecule has 252 valence electrons. The number of piperidine rings is 2. The highest BCUT2D eigenvalue weighted by molar-refractivity contribution is 6.30. The molecule has 0 aliphatic carbocycles. The molecule has 9 aromatic carbocycles. The molecule has 11 rings (SSSR count). The van der Waals surface area contributed by atoms with Crippen molar-refractivity contribution in [2.24, 2.45) is 0 Å². The fourth-order valence-corrected chi connectivity index (χ4v) is 9.88. The van der Waals surface area contributed by atoms with Crippen molar-refractivity contribution in [3.8, 4) is 22.3 Å². The molecule has 0 radical (unpaired) electrons. The van der Waals surface area contributed by atoms with Crippen LogP contribution in [0.3, 0.4) is 0 Å². The van der Waals surface area contributed by atoms with Crippen LogP contribution < -0.4 is 9.80 Å². The average molecular weight is 671 g/mol. The summed E-state index contributed by atoms with van der Waals surface area (Å²) in [5.74, 6) is 0. The zero-order valence-corrected chi connectivity index (χ0v) is 29.7. The zero-order chi connectivity index (χ0) is 34.2. The molecule has 0 N–H and O–H groups in total. The van der Waals surface area contributed by atoms with E-state index in [1.54, 1.807) is 0 Å². The highest BCUT2D eigenvalue weighted by Gasteiger charge is 2.23. The van der Waals surface area contributed by atoms with Gasteiger partial charge in [-0.3, -0.25) is 0 Å². The van der Waals surface area contributed by atoms with Gasteiger partial charge >= 0.3 is 0 Å². The molecule has 2 heterocycles. The maximum absolute atomic E-state index is 2.62. The second-order valence-corrected chi connectivity index (χ2v) is 15.3. The van der Waals surface area contributed by atoms with Crippen molar-refractivity contribution in [1.29, 1.82) is 0 Å². The van der Waals surface area contributed by atoms with Gasteiger partial charge in [-0.1, -0.05) is 109 Å². The summed E-state index contributed by atoms with van der Waals surface area (Å²) in [6.45, 7) is 4.51. The molecule has 2 heteroatoms. The normalized spacial score (nSPS) is 15.6. The van der Waals surface area contributed by atoms with Crippen LogP contribution in [0.1, 0.15) is 38.5 Å². The molecule has 9 aromatic rings. The third kappa shape index (κ3) is 4.63. The van der Waals surface area contributed by atoms with Gasteiger partial charge in [0.2, 0.25) is 0 Å². The first-order valence-electron chi connectivity index (χ1n) is 19.5. The number of fused-ring (bicyclic) bond motifs is 3. The van der Waals surface area contributed by atoms with Gasteiger partial charge < -0.3 is 9.80 Å². The van der Waals surface area contributed by atoms with E-state index in [0.717, 1.165) is 26.2 Å². The quantitative estimate of drug-likeness (QED) is 0.136. The number of nitrogens with zero attached hydrogens (tertiary/aromatic N) is 2. The lowest BCUT2D eigenvalue weighted by molar-refractivity contribution is 0.578. The molecule has 52 heavy (non-hydrogen) atoms. The van der Waals surface area contributed by atoms with E-state index in [4.69, 9.17) is 0 Å². The molecule has 2 aliphatic rings. The van der Waals surface area contributed by atoms with Crippen LogP contribution in [0.4, 0.5) is 11.4 Å². The van der Waals surface area contributed by atoms with Crippen LogP contribution in [-0.2, 0) is 0 Å². The molecule has 0 aromatic heterocycles. The van der Waals surface area contributed by atoms with Gasteiger partial charge in [0.1, 0.15) is 0 Å². The highest BCUT2D eigenvalue weighted by Crippen LogP contribution is 2.50. The minimum absolute atomic E-state index is 1.13. The first kappa shape index (κ1) is 30.1. The van der Waals surface area contributed by atoms with Crippen molar-refractivity contribution in [1.82, 2.24) is 0 Å². The fraction of sp³-hybridized carbons (Fsp3) is 0.200. The van der Waals surface area contributed by atoms with Gasteiger partial charge in [-0.25, -0.2) is 0 Å². The van der Waals surface area contributed by atoms with Gasteiger partial charge in [0.15, 0.2) is 0 Å². The Hall–Kier alpha value is -5.60. The number of rotatable bonds is 4. The molecule has 0 saturated carbocycles. The van der Waals surface area contributed by atoms with Crippen LogP contribution >= 0.6 is 0 Å². The van der Waals surface area contributed by atoms with E-state index in [0.29, 0.717) is 0 Å². The molecule has 2 nitrogen and oxygen atoms in total. The zero-order valence-electron chi connectivity index (χ0n) is 29.7. The van der Waals surface area contributed by atoms with Crippen molar-refractivity contribution < 1.29 is 0 Å². The molecule has 0 bridgehead atoms. The Balaban J connectivity index is 1.30. The van der Waals surface area contributed by atoms with Gasteiger partial charge in [0.05, 0.1) is 0 Å². The van der Waals surface area contributed by atoms with Crippen molar-refractivity contribution in [3.05, 3.63) is 133 Å². The second kappa shape index (κ2) is 12.0. The van der Waals surface area contributed by atoms with E-state index < -0.39 is 0 Å². The Labute approximate surface area is 305 Å². The SMILES string of the molecule is c1ccc2c(-c3c4cc(N5CCCCC5)ccc4c(-c4ccc5ccc6cccc7ccc4c5c67)c4cc(N5CCCCC5)ccc34)cccc2c1. The Morgan fingerprint density at radius 1 is 0.308 bits per heavy atom. The summed E-state index contributed by atoms with van der Waals surface area (Å²) < 4.78 is 0. The van der Waals surface area contributed by atoms with Crippen molar-refractivity contribution >= 4 is 76.0 Å². The Morgan fingerprint density at radius 3 is 1.44 bits per heavy atom. The van der Waals surface area contributed by atoms with E-state index in [-0.39, 0.29) is 0 Å². The minimum atomic E-state index is 1.13. The third-order valence-corrected chi connectivity index (χ3v) is 12.4. The molecule has 0 amide bonds. The van der Waals surface area contributed by atoms with Crippen LogP contribution in [0.15, 0.2) is 133 Å². The molecule has 2 saturated heterocycles. The predicted octanol–water partition coefficient (Wildman–Crippen LogP) is 13.4. The first-order chi connectivity index (χ1) is 25.8. The van der Waals surface area contributed by atoms with Crippen LogP contribution in [-0.4, -0.2) is 26.2 Å². The summed E-state index contributed by atoms with van der Waals surface area (Å²) in [6.07, 6.45) is 7.70. The van der Waals surface area contributed by atoms with Crippen LogP contribution in [0.2, 0.25) is 0 Å². The molecule has 2 fully saturated rings.